The van der Waals surface area contributed by atoms with Crippen molar-refractivity contribution >= 4 is 15.9 Å². The molecule has 0 heterocycles. The van der Waals surface area contributed by atoms with Crippen LogP contribution >= 0.6 is 0 Å². The number of sulfonamides is 1. The zero-order valence-electron chi connectivity index (χ0n) is 10.8. The van der Waals surface area contributed by atoms with E-state index in [1.54, 1.807) is 38.4 Å². The zero-order valence-corrected chi connectivity index (χ0v) is 11.6. The Morgan fingerprint density at radius 2 is 1.67 bits per heavy atom. The van der Waals surface area contributed by atoms with Crippen LogP contribution in [-0.4, -0.2) is 51.2 Å². The number of carbonyl (C=O) groups is 1. The van der Waals surface area contributed by atoms with Gasteiger partial charge in [0.1, 0.15) is 0 Å². The molecule has 0 saturated carbocycles. The number of amides is 1. The quantitative estimate of drug-likeness (QED) is 0.784. The Bertz CT molecular complexity index is 497. The first-order valence-corrected chi connectivity index (χ1v) is 7.12. The molecule has 6 heteroatoms. The highest BCUT2D eigenvalue weighted by atomic mass is 32.2. The number of hydrogen-bond donors (Lipinski definition) is 0. The van der Waals surface area contributed by atoms with Crippen LogP contribution in [0.5, 0.6) is 0 Å². The van der Waals surface area contributed by atoms with E-state index >= 15 is 0 Å². The SMILES string of the molecule is CN(C)C(=O)CN(C)S(=O)(=O)Cc1ccccc1. The van der Waals surface area contributed by atoms with Gasteiger partial charge in [0.25, 0.3) is 0 Å². The number of benzene rings is 1. The maximum absolute atomic E-state index is 12.0. The third kappa shape index (κ3) is 4.12. The number of carbonyl (C=O) groups excluding carboxylic acids is 1. The first-order valence-electron chi connectivity index (χ1n) is 5.51. The van der Waals surface area contributed by atoms with Gasteiger partial charge in [-0.25, -0.2) is 8.42 Å². The minimum Gasteiger partial charge on any atom is -0.348 e. The summed E-state index contributed by atoms with van der Waals surface area (Å²) in [4.78, 5) is 12.8. The van der Waals surface area contributed by atoms with Gasteiger partial charge in [-0.2, -0.15) is 4.31 Å². The van der Waals surface area contributed by atoms with Crippen molar-refractivity contribution in [2.75, 3.05) is 27.7 Å². The van der Waals surface area contributed by atoms with E-state index in [2.05, 4.69) is 0 Å². The van der Waals surface area contributed by atoms with Crippen molar-refractivity contribution in [3.05, 3.63) is 35.9 Å². The van der Waals surface area contributed by atoms with Gasteiger partial charge in [0.2, 0.25) is 15.9 Å². The summed E-state index contributed by atoms with van der Waals surface area (Å²) in [5, 5.41) is 0. The van der Waals surface area contributed by atoms with E-state index in [-0.39, 0.29) is 18.2 Å². The largest absolute Gasteiger partial charge is 0.348 e. The van der Waals surface area contributed by atoms with Crippen molar-refractivity contribution in [3.8, 4) is 0 Å². The van der Waals surface area contributed by atoms with Crippen LogP contribution < -0.4 is 0 Å². The predicted octanol–water partition coefficient (Wildman–Crippen LogP) is 0.536. The Hall–Kier alpha value is -1.40. The molecule has 1 aromatic rings. The van der Waals surface area contributed by atoms with Crippen LogP contribution in [0.1, 0.15) is 5.56 Å². The molecule has 0 aliphatic rings. The molecule has 0 saturated heterocycles. The first kappa shape index (κ1) is 14.7. The molecule has 0 aliphatic heterocycles. The van der Waals surface area contributed by atoms with Gasteiger partial charge in [-0.3, -0.25) is 4.79 Å². The lowest BCUT2D eigenvalue weighted by atomic mass is 10.2. The molecule has 0 bridgehead atoms. The second-order valence-corrected chi connectivity index (χ2v) is 6.36. The van der Waals surface area contributed by atoms with Crippen LogP contribution in [0, 0.1) is 0 Å². The molecule has 0 aromatic heterocycles. The summed E-state index contributed by atoms with van der Waals surface area (Å²) in [6.07, 6.45) is 0. The Morgan fingerprint density at radius 3 is 2.17 bits per heavy atom. The third-order valence-electron chi connectivity index (χ3n) is 2.52. The van der Waals surface area contributed by atoms with Crippen LogP contribution in [0.2, 0.25) is 0 Å². The summed E-state index contributed by atoms with van der Waals surface area (Å²) < 4.78 is 25.1. The number of nitrogens with zero attached hydrogens (tertiary/aromatic N) is 2. The Morgan fingerprint density at radius 1 is 1.11 bits per heavy atom. The van der Waals surface area contributed by atoms with Crippen molar-refractivity contribution in [1.82, 2.24) is 9.21 Å². The van der Waals surface area contributed by atoms with Gasteiger partial charge in [0.15, 0.2) is 0 Å². The smallest absolute Gasteiger partial charge is 0.237 e. The molecule has 0 fully saturated rings. The van der Waals surface area contributed by atoms with Gasteiger partial charge in [0.05, 0.1) is 12.3 Å². The summed E-state index contributed by atoms with van der Waals surface area (Å²) in [5.41, 5.74) is 0.710. The summed E-state index contributed by atoms with van der Waals surface area (Å²) in [5.74, 6) is -0.334. The minimum absolute atomic E-state index is 0.0922. The van der Waals surface area contributed by atoms with Crippen molar-refractivity contribution in [2.24, 2.45) is 0 Å². The molecule has 0 aliphatic carbocycles. The molecule has 18 heavy (non-hydrogen) atoms. The lowest BCUT2D eigenvalue weighted by molar-refractivity contribution is -0.128. The van der Waals surface area contributed by atoms with E-state index in [9.17, 15) is 13.2 Å². The number of hydrogen-bond acceptors (Lipinski definition) is 3. The van der Waals surface area contributed by atoms with E-state index in [0.717, 1.165) is 4.31 Å². The fraction of sp³-hybridized carbons (Fsp3) is 0.417. The van der Waals surface area contributed by atoms with Crippen LogP contribution in [0.4, 0.5) is 0 Å². The molecular formula is C12H18N2O3S. The van der Waals surface area contributed by atoms with Gasteiger partial charge in [-0.15, -0.1) is 0 Å². The highest BCUT2D eigenvalue weighted by Gasteiger charge is 2.21. The number of rotatable bonds is 5. The maximum atomic E-state index is 12.0. The standard InChI is InChI=1S/C12H18N2O3S/c1-13(2)12(15)9-14(3)18(16,17)10-11-7-5-4-6-8-11/h4-8H,9-10H2,1-3H3. The van der Waals surface area contributed by atoms with Gasteiger partial charge in [-0.1, -0.05) is 30.3 Å². The lowest BCUT2D eigenvalue weighted by Gasteiger charge is -2.19. The van der Waals surface area contributed by atoms with Gasteiger partial charge in [0, 0.05) is 21.1 Å². The molecule has 100 valence electrons. The molecule has 0 spiro atoms. The molecular weight excluding hydrogens is 252 g/mol. The Labute approximate surface area is 108 Å². The van der Waals surface area contributed by atoms with Crippen LogP contribution in [-0.2, 0) is 20.6 Å². The zero-order chi connectivity index (χ0) is 13.8. The Kier molecular flexibility index (Phi) is 4.86. The summed E-state index contributed by atoms with van der Waals surface area (Å²) in [6, 6.07) is 8.90. The average Bonchev–Trinajstić information content (AvgIpc) is 2.29. The van der Waals surface area contributed by atoms with E-state index in [1.165, 1.54) is 11.9 Å². The molecule has 5 nitrogen and oxygen atoms in total. The first-order chi connectivity index (χ1) is 8.33. The molecule has 0 N–H and O–H groups in total. The topological polar surface area (TPSA) is 57.7 Å². The molecule has 1 rings (SSSR count). The van der Waals surface area contributed by atoms with Crippen molar-refractivity contribution in [1.29, 1.82) is 0 Å². The van der Waals surface area contributed by atoms with Gasteiger partial charge >= 0.3 is 0 Å². The molecule has 0 unspecified atom stereocenters. The summed E-state index contributed by atoms with van der Waals surface area (Å²) >= 11 is 0. The second-order valence-electron chi connectivity index (χ2n) is 4.29. The summed E-state index contributed by atoms with van der Waals surface area (Å²) in [7, 11) is 1.15. The normalized spacial score (nSPS) is 11.6. The maximum Gasteiger partial charge on any atom is 0.237 e. The van der Waals surface area contributed by atoms with Gasteiger partial charge in [-0.05, 0) is 5.56 Å². The molecule has 0 radical (unpaired) electrons. The van der Waals surface area contributed by atoms with Crippen LogP contribution in [0.15, 0.2) is 30.3 Å². The van der Waals surface area contributed by atoms with Gasteiger partial charge < -0.3 is 4.90 Å². The molecule has 0 atom stereocenters. The van der Waals surface area contributed by atoms with Crippen molar-refractivity contribution < 1.29 is 13.2 Å². The highest BCUT2D eigenvalue weighted by molar-refractivity contribution is 7.88. The number of likely N-dealkylation sites (N-methyl/N-ethyl adjacent to an activating group) is 2. The monoisotopic (exact) mass is 270 g/mol. The lowest BCUT2D eigenvalue weighted by Crippen LogP contribution is -2.38. The fourth-order valence-corrected chi connectivity index (χ4v) is 2.47. The van der Waals surface area contributed by atoms with E-state index in [4.69, 9.17) is 0 Å². The van der Waals surface area contributed by atoms with Crippen LogP contribution in [0.25, 0.3) is 0 Å². The van der Waals surface area contributed by atoms with Crippen molar-refractivity contribution in [3.63, 3.8) is 0 Å². The summed E-state index contributed by atoms with van der Waals surface area (Å²) in [6.45, 7) is -0.137. The third-order valence-corrected chi connectivity index (χ3v) is 4.30. The second kappa shape index (κ2) is 5.97. The van der Waals surface area contributed by atoms with Crippen molar-refractivity contribution in [2.45, 2.75) is 5.75 Å². The van der Waals surface area contributed by atoms with E-state index < -0.39 is 10.0 Å². The highest BCUT2D eigenvalue weighted by Crippen LogP contribution is 2.09. The Balaban J connectivity index is 2.72. The van der Waals surface area contributed by atoms with E-state index in [0.29, 0.717) is 5.56 Å². The minimum atomic E-state index is -3.46. The molecule has 1 aromatic carbocycles. The molecule has 1 amide bonds. The average molecular weight is 270 g/mol. The predicted molar refractivity (Wildman–Crippen MR) is 70.4 cm³/mol. The van der Waals surface area contributed by atoms with E-state index in [1.807, 2.05) is 6.07 Å². The fourth-order valence-electron chi connectivity index (χ4n) is 1.33. The van der Waals surface area contributed by atoms with Crippen LogP contribution in [0.3, 0.4) is 0 Å².